The van der Waals surface area contributed by atoms with Gasteiger partial charge in [-0.1, -0.05) is 31.5 Å². The number of hydrogen-bond acceptors (Lipinski definition) is 5. The van der Waals surface area contributed by atoms with E-state index in [1.807, 2.05) is 17.9 Å². The van der Waals surface area contributed by atoms with Crippen molar-refractivity contribution in [1.29, 1.82) is 0 Å². The van der Waals surface area contributed by atoms with Gasteiger partial charge in [0.2, 0.25) is 10.0 Å². The summed E-state index contributed by atoms with van der Waals surface area (Å²) < 4.78 is 27.9. The van der Waals surface area contributed by atoms with E-state index >= 15 is 0 Å². The van der Waals surface area contributed by atoms with E-state index < -0.39 is 10.0 Å². The number of hydrogen-bond donors (Lipinski definition) is 1. The number of nitrogens with one attached hydrogen (secondary N) is 1. The number of thioether (sulfide) groups is 1. The summed E-state index contributed by atoms with van der Waals surface area (Å²) in [7, 11) is -3.55. The molecule has 0 spiro atoms. The van der Waals surface area contributed by atoms with Gasteiger partial charge in [-0.3, -0.25) is 4.79 Å². The van der Waals surface area contributed by atoms with Gasteiger partial charge in [-0.25, -0.2) is 18.1 Å². The molecule has 1 aromatic heterocycles. The molecule has 1 atom stereocenters. The van der Waals surface area contributed by atoms with Crippen LogP contribution in [0.4, 0.5) is 0 Å². The highest BCUT2D eigenvalue weighted by Crippen LogP contribution is 2.27. The lowest BCUT2D eigenvalue weighted by Crippen LogP contribution is -2.43. The number of amides is 1. The number of aromatic nitrogens is 1. The number of carbonyl (C=O) groups excluding carboxylic acids is 1. The molecule has 30 heavy (non-hydrogen) atoms. The van der Waals surface area contributed by atoms with Gasteiger partial charge in [-0.15, -0.1) is 11.8 Å². The third-order valence-corrected chi connectivity index (χ3v) is 7.51. The van der Waals surface area contributed by atoms with Crippen molar-refractivity contribution < 1.29 is 13.2 Å². The standard InChI is InChI=1S/C22H29N3O3S2/c1-16(2)29-21-20(7-4-12-23-21)22(26)25-13-5-6-18(15-25)14-24-30(27,28)19-10-8-17(3)9-11-19/h4,7-12,16,18,24H,5-6,13-15H2,1-3H3/t18-/m0/s1. The normalized spacial score (nSPS) is 17.3. The molecule has 1 fully saturated rings. The highest BCUT2D eigenvalue weighted by atomic mass is 32.2. The summed E-state index contributed by atoms with van der Waals surface area (Å²) in [6, 6.07) is 10.4. The fourth-order valence-electron chi connectivity index (χ4n) is 3.49. The van der Waals surface area contributed by atoms with Crippen LogP contribution in [0.5, 0.6) is 0 Å². The first-order valence-corrected chi connectivity index (χ1v) is 12.6. The Labute approximate surface area is 183 Å². The smallest absolute Gasteiger partial charge is 0.256 e. The van der Waals surface area contributed by atoms with Crippen LogP contribution in [0.15, 0.2) is 52.5 Å². The minimum Gasteiger partial charge on any atom is -0.338 e. The van der Waals surface area contributed by atoms with Crippen LogP contribution < -0.4 is 4.72 Å². The molecule has 0 unspecified atom stereocenters. The van der Waals surface area contributed by atoms with Crippen LogP contribution in [0.2, 0.25) is 0 Å². The molecule has 2 aromatic rings. The highest BCUT2D eigenvalue weighted by molar-refractivity contribution is 7.99. The molecule has 1 aromatic carbocycles. The lowest BCUT2D eigenvalue weighted by atomic mass is 9.98. The van der Waals surface area contributed by atoms with Crippen LogP contribution in [0.25, 0.3) is 0 Å². The second-order valence-electron chi connectivity index (χ2n) is 7.95. The van der Waals surface area contributed by atoms with Gasteiger partial charge < -0.3 is 4.90 Å². The molecule has 6 nitrogen and oxygen atoms in total. The molecule has 162 valence electrons. The predicted octanol–water partition coefficient (Wildman–Crippen LogP) is 3.72. The Balaban J connectivity index is 1.64. The topological polar surface area (TPSA) is 79.4 Å². The van der Waals surface area contributed by atoms with Gasteiger partial charge in [0, 0.05) is 31.1 Å². The minimum absolute atomic E-state index is 0.0302. The molecule has 0 radical (unpaired) electrons. The van der Waals surface area contributed by atoms with Crippen molar-refractivity contribution in [3.8, 4) is 0 Å². The van der Waals surface area contributed by atoms with Gasteiger partial charge in [0.05, 0.1) is 10.5 Å². The Morgan fingerprint density at radius 3 is 2.70 bits per heavy atom. The summed E-state index contributed by atoms with van der Waals surface area (Å²) in [5, 5.41) is 1.08. The van der Waals surface area contributed by atoms with Gasteiger partial charge >= 0.3 is 0 Å². The largest absolute Gasteiger partial charge is 0.338 e. The molecule has 2 heterocycles. The number of carbonyl (C=O) groups is 1. The van der Waals surface area contributed by atoms with Crippen molar-refractivity contribution in [3.63, 3.8) is 0 Å². The Bertz CT molecular complexity index is 975. The van der Waals surface area contributed by atoms with E-state index in [0.717, 1.165) is 23.4 Å². The number of likely N-dealkylation sites (tertiary alicyclic amines) is 1. The number of benzene rings is 1. The Morgan fingerprint density at radius 2 is 2.00 bits per heavy atom. The molecular formula is C22H29N3O3S2. The van der Waals surface area contributed by atoms with E-state index in [0.29, 0.717) is 30.4 Å². The quantitative estimate of drug-likeness (QED) is 0.655. The predicted molar refractivity (Wildman–Crippen MR) is 120 cm³/mol. The molecule has 1 saturated heterocycles. The SMILES string of the molecule is Cc1ccc(S(=O)(=O)NC[C@@H]2CCCN(C(=O)c3cccnc3SC(C)C)C2)cc1. The molecule has 1 aliphatic heterocycles. The zero-order valence-electron chi connectivity index (χ0n) is 17.7. The molecule has 3 rings (SSSR count). The third-order valence-electron chi connectivity index (χ3n) is 5.05. The first-order valence-electron chi connectivity index (χ1n) is 10.2. The Kier molecular flexibility index (Phi) is 7.55. The minimum atomic E-state index is -3.55. The number of rotatable bonds is 7. The monoisotopic (exact) mass is 447 g/mol. The van der Waals surface area contributed by atoms with Gasteiger partial charge in [-0.05, 0) is 49.9 Å². The van der Waals surface area contributed by atoms with E-state index in [2.05, 4.69) is 23.6 Å². The summed E-state index contributed by atoms with van der Waals surface area (Å²) in [5.74, 6) is 0.0538. The summed E-state index contributed by atoms with van der Waals surface area (Å²) in [6.45, 7) is 7.61. The number of sulfonamides is 1. The summed E-state index contributed by atoms with van der Waals surface area (Å²) >= 11 is 1.58. The second kappa shape index (κ2) is 9.94. The van der Waals surface area contributed by atoms with Gasteiger partial charge in [-0.2, -0.15) is 0 Å². The molecule has 0 aliphatic carbocycles. The van der Waals surface area contributed by atoms with Crippen molar-refractivity contribution in [1.82, 2.24) is 14.6 Å². The number of nitrogens with zero attached hydrogens (tertiary/aromatic N) is 2. The average Bonchev–Trinajstić information content (AvgIpc) is 2.72. The van der Waals surface area contributed by atoms with Crippen LogP contribution in [-0.4, -0.2) is 49.1 Å². The first-order chi connectivity index (χ1) is 14.3. The van der Waals surface area contributed by atoms with Gasteiger partial charge in [0.1, 0.15) is 5.03 Å². The summed E-state index contributed by atoms with van der Waals surface area (Å²) in [6.07, 6.45) is 3.46. The third kappa shape index (κ3) is 5.83. The first kappa shape index (κ1) is 22.8. The fourth-order valence-corrected chi connectivity index (χ4v) is 5.45. The molecule has 1 amide bonds. The lowest BCUT2D eigenvalue weighted by Gasteiger charge is -2.33. The van der Waals surface area contributed by atoms with E-state index in [4.69, 9.17) is 0 Å². The molecular weight excluding hydrogens is 418 g/mol. The van der Waals surface area contributed by atoms with Crippen molar-refractivity contribution >= 4 is 27.7 Å². The molecule has 0 bridgehead atoms. The number of aryl methyl sites for hydroxylation is 1. The van der Waals surface area contributed by atoms with Crippen LogP contribution in [0.3, 0.4) is 0 Å². The van der Waals surface area contributed by atoms with Gasteiger partial charge in [0.15, 0.2) is 0 Å². The maximum absolute atomic E-state index is 13.1. The highest BCUT2D eigenvalue weighted by Gasteiger charge is 2.27. The van der Waals surface area contributed by atoms with E-state index in [1.54, 1.807) is 48.3 Å². The van der Waals surface area contributed by atoms with Crippen LogP contribution in [0.1, 0.15) is 42.6 Å². The fraction of sp³-hybridized carbons (Fsp3) is 0.455. The van der Waals surface area contributed by atoms with Crippen molar-refractivity contribution in [2.24, 2.45) is 5.92 Å². The van der Waals surface area contributed by atoms with Crippen molar-refractivity contribution in [2.75, 3.05) is 19.6 Å². The van der Waals surface area contributed by atoms with E-state index in [9.17, 15) is 13.2 Å². The zero-order valence-corrected chi connectivity index (χ0v) is 19.3. The average molecular weight is 448 g/mol. The molecule has 1 N–H and O–H groups in total. The zero-order chi connectivity index (χ0) is 21.7. The number of pyridine rings is 1. The van der Waals surface area contributed by atoms with Crippen molar-refractivity contribution in [2.45, 2.75) is 48.8 Å². The molecule has 0 saturated carbocycles. The van der Waals surface area contributed by atoms with E-state index in [-0.39, 0.29) is 16.7 Å². The van der Waals surface area contributed by atoms with E-state index in [1.165, 1.54) is 0 Å². The Hall–Kier alpha value is -1.90. The second-order valence-corrected chi connectivity index (χ2v) is 11.3. The molecule has 8 heteroatoms. The summed E-state index contributed by atoms with van der Waals surface area (Å²) in [5.41, 5.74) is 1.64. The van der Waals surface area contributed by atoms with Gasteiger partial charge in [0.25, 0.3) is 5.91 Å². The lowest BCUT2D eigenvalue weighted by molar-refractivity contribution is 0.0672. The maximum Gasteiger partial charge on any atom is 0.256 e. The van der Waals surface area contributed by atoms with Crippen LogP contribution >= 0.6 is 11.8 Å². The van der Waals surface area contributed by atoms with Crippen LogP contribution in [-0.2, 0) is 10.0 Å². The number of piperidine rings is 1. The van der Waals surface area contributed by atoms with Crippen LogP contribution in [0, 0.1) is 12.8 Å². The Morgan fingerprint density at radius 1 is 1.27 bits per heavy atom. The summed E-state index contributed by atoms with van der Waals surface area (Å²) in [4.78, 5) is 19.6. The maximum atomic E-state index is 13.1. The molecule has 1 aliphatic rings. The van der Waals surface area contributed by atoms with Crippen molar-refractivity contribution in [3.05, 3.63) is 53.7 Å².